The Morgan fingerprint density at radius 2 is 1.02 bits per heavy atom. The van der Waals surface area contributed by atoms with Gasteiger partial charge in [-0.15, -0.1) is 31.5 Å². The maximum absolute atomic E-state index is 6.50. The molecule has 2 N–H and O–H groups in total. The third-order valence-electron chi connectivity index (χ3n) is 5.77. The van der Waals surface area contributed by atoms with E-state index in [0.717, 1.165) is 11.1 Å². The monoisotopic (exact) mass is 614 g/mol. The van der Waals surface area contributed by atoms with Gasteiger partial charge in [-0.3, -0.25) is 0 Å². The molecule has 0 saturated carbocycles. The fraction of sp³-hybridized carbons (Fsp3) is 0.0714. The summed E-state index contributed by atoms with van der Waals surface area (Å²) in [6.07, 6.45) is 6.79. The molecule has 12 heteroatoms. The van der Waals surface area contributed by atoms with Crippen molar-refractivity contribution in [3.63, 3.8) is 0 Å². The number of rotatable bonds is 6. The molecule has 212 valence electrons. The molecule has 7 rings (SSSR count). The first kappa shape index (κ1) is 30.2. The van der Waals surface area contributed by atoms with E-state index in [1.165, 1.54) is 4.68 Å². The molecule has 4 aromatic carbocycles. The molecule has 0 fully saturated rings. The first-order chi connectivity index (χ1) is 18.8. The van der Waals surface area contributed by atoms with Gasteiger partial charge in [0.25, 0.3) is 0 Å². The Morgan fingerprint density at radius 3 is 1.32 bits per heavy atom. The standard InChI is InChI=1S/C18H16N10.2C5H5.2Fe/c19-28-17(15(13-5-1-2-6-13)26-11-9-20-24-26)22-23-18(28)16(14-7-3-4-8-14)27-12-10-21-25-27;2*1-2-4-5-3-1;;/h1-12,15-16H,19H2;2*1-5H;;/q-2;-5;-1;;. The summed E-state index contributed by atoms with van der Waals surface area (Å²) >= 11 is 0. The molecular weight excluding hydrogens is 588 g/mol. The second-order valence-corrected chi connectivity index (χ2v) is 8.22. The Labute approximate surface area is 252 Å². The van der Waals surface area contributed by atoms with Crippen LogP contribution in [-0.4, -0.2) is 44.9 Å². The van der Waals surface area contributed by atoms with Gasteiger partial charge < -0.3 is 36.2 Å². The zero-order valence-corrected chi connectivity index (χ0v) is 23.4. The normalized spacial score (nSPS) is 11.5. The molecule has 2 atom stereocenters. The van der Waals surface area contributed by atoms with Crippen molar-refractivity contribution in [2.45, 2.75) is 12.1 Å². The Hall–Kier alpha value is -4.34. The largest absolute Gasteiger partial charge is 0.748 e. The molecule has 0 bridgehead atoms. The number of hydrogen-bond donors (Lipinski definition) is 1. The Balaban J connectivity index is 0.000000310. The summed E-state index contributed by atoms with van der Waals surface area (Å²) in [6, 6.07) is 35.1. The molecule has 2 unspecified atom stereocenters. The molecule has 0 amide bonds. The van der Waals surface area contributed by atoms with Crippen molar-refractivity contribution in [2.75, 3.05) is 5.84 Å². The first-order valence-electron chi connectivity index (χ1n) is 12.0. The van der Waals surface area contributed by atoms with Crippen molar-refractivity contribution in [1.29, 1.82) is 0 Å². The summed E-state index contributed by atoms with van der Waals surface area (Å²) in [5.74, 6) is 7.59. The van der Waals surface area contributed by atoms with Gasteiger partial charge in [-0.25, -0.2) is 50.4 Å². The minimum atomic E-state index is -0.347. The predicted molar refractivity (Wildman–Crippen MR) is 143 cm³/mol. The maximum atomic E-state index is 6.50. The van der Waals surface area contributed by atoms with Gasteiger partial charge in [-0.05, 0) is 0 Å². The number of nitrogen functional groups attached to an aromatic ring is 1. The van der Waals surface area contributed by atoms with Crippen LogP contribution in [0, 0.1) is 0 Å². The number of aromatic nitrogens is 9. The second-order valence-electron chi connectivity index (χ2n) is 8.22. The topological polar surface area (TPSA) is 118 Å². The smallest absolute Gasteiger partial charge is 0.169 e. The van der Waals surface area contributed by atoms with Crippen molar-refractivity contribution in [3.05, 3.63) is 157 Å². The van der Waals surface area contributed by atoms with E-state index in [4.69, 9.17) is 5.84 Å². The fourth-order valence-corrected chi connectivity index (χ4v) is 4.02. The molecule has 0 radical (unpaired) electrons. The van der Waals surface area contributed by atoms with E-state index < -0.39 is 0 Å². The molecule has 0 aliphatic carbocycles. The molecule has 40 heavy (non-hydrogen) atoms. The summed E-state index contributed by atoms with van der Waals surface area (Å²) in [6.45, 7) is 0. The van der Waals surface area contributed by atoms with E-state index in [-0.39, 0.29) is 46.2 Å². The zero-order chi connectivity index (χ0) is 26.0. The van der Waals surface area contributed by atoms with Crippen LogP contribution >= 0.6 is 0 Å². The molecule has 7 aromatic rings. The van der Waals surface area contributed by atoms with E-state index >= 15 is 0 Å². The van der Waals surface area contributed by atoms with Crippen molar-refractivity contribution >= 4 is 0 Å². The summed E-state index contributed by atoms with van der Waals surface area (Å²) in [5, 5.41) is 25.0. The molecule has 0 aliphatic rings. The molecule has 0 spiro atoms. The van der Waals surface area contributed by atoms with Crippen LogP contribution in [0.15, 0.2) is 134 Å². The van der Waals surface area contributed by atoms with E-state index in [2.05, 4.69) is 30.8 Å². The Bertz CT molecular complexity index is 1300. The number of hydrogen-bond acceptors (Lipinski definition) is 7. The maximum Gasteiger partial charge on any atom is 0.169 e. The van der Waals surface area contributed by atoms with Gasteiger partial charge in [0.2, 0.25) is 0 Å². The number of nitrogens with two attached hydrogens (primary N) is 1. The minimum absolute atomic E-state index is 0. The first-order valence-corrected chi connectivity index (χ1v) is 12.0. The van der Waals surface area contributed by atoms with Gasteiger partial charge in [0.15, 0.2) is 11.6 Å². The quantitative estimate of drug-likeness (QED) is 0.173. The predicted octanol–water partition coefficient (Wildman–Crippen LogP) is 3.69. The van der Waals surface area contributed by atoms with Gasteiger partial charge in [0.05, 0.1) is 24.5 Å². The number of nitrogens with zero attached hydrogens (tertiary/aromatic N) is 9. The van der Waals surface area contributed by atoms with Crippen LogP contribution < -0.4 is 5.84 Å². The average Bonchev–Trinajstić information content (AvgIpc) is 3.81. The molecule has 3 aromatic heterocycles. The zero-order valence-electron chi connectivity index (χ0n) is 21.2. The fourth-order valence-electron chi connectivity index (χ4n) is 4.02. The summed E-state index contributed by atoms with van der Waals surface area (Å²) < 4.78 is 4.91. The third-order valence-corrected chi connectivity index (χ3v) is 5.77. The van der Waals surface area contributed by atoms with Crippen molar-refractivity contribution in [1.82, 2.24) is 44.9 Å². The molecule has 3 heterocycles. The van der Waals surface area contributed by atoms with Gasteiger partial charge in [0.1, 0.15) is 0 Å². The Kier molecular flexibility index (Phi) is 11.6. The van der Waals surface area contributed by atoms with Crippen LogP contribution in [0.3, 0.4) is 0 Å². The van der Waals surface area contributed by atoms with Crippen molar-refractivity contribution in [3.8, 4) is 0 Å². The van der Waals surface area contributed by atoms with Crippen LogP contribution in [0.1, 0.15) is 34.9 Å². The van der Waals surface area contributed by atoms with E-state index in [1.807, 2.05) is 109 Å². The van der Waals surface area contributed by atoms with E-state index in [0.29, 0.717) is 11.6 Å². The molecule has 0 saturated heterocycles. The van der Waals surface area contributed by atoms with Gasteiger partial charge in [-0.1, -0.05) is 10.4 Å². The minimum Gasteiger partial charge on any atom is -0.748 e. The van der Waals surface area contributed by atoms with Crippen LogP contribution in [0.4, 0.5) is 0 Å². The summed E-state index contributed by atoms with van der Waals surface area (Å²) in [5.41, 5.74) is 1.98. The van der Waals surface area contributed by atoms with E-state index in [1.54, 1.807) is 34.2 Å². The summed E-state index contributed by atoms with van der Waals surface area (Å²) in [7, 11) is 0. The SMILES string of the molecule is Nn1c(C([c-]2cccc2)n2ccnn2)nnc1C([c-]1cccc1)n1ccnn1.[Fe].[Fe].[cH-]1[cH-][cH-][cH-][cH-]1.c1cc[cH-]c1. The second kappa shape index (κ2) is 15.3. The third kappa shape index (κ3) is 7.19. The van der Waals surface area contributed by atoms with Crippen LogP contribution in [0.25, 0.3) is 0 Å². The van der Waals surface area contributed by atoms with Crippen molar-refractivity contribution in [2.24, 2.45) is 0 Å². The van der Waals surface area contributed by atoms with E-state index in [9.17, 15) is 0 Å². The van der Waals surface area contributed by atoms with Crippen LogP contribution in [0.5, 0.6) is 0 Å². The van der Waals surface area contributed by atoms with Gasteiger partial charge in [-0.2, -0.15) is 42.5 Å². The van der Waals surface area contributed by atoms with Crippen molar-refractivity contribution < 1.29 is 34.1 Å². The Morgan fingerprint density at radius 1 is 0.625 bits per heavy atom. The average molecular weight is 614 g/mol. The van der Waals surface area contributed by atoms with Crippen LogP contribution in [-0.2, 0) is 34.1 Å². The molecule has 10 nitrogen and oxygen atoms in total. The summed E-state index contributed by atoms with van der Waals surface area (Å²) in [4.78, 5) is 0. The van der Waals surface area contributed by atoms with Crippen LogP contribution in [0.2, 0.25) is 0 Å². The molecule has 0 aliphatic heterocycles. The van der Waals surface area contributed by atoms with Gasteiger partial charge >= 0.3 is 0 Å². The van der Waals surface area contributed by atoms with Gasteiger partial charge in [0, 0.05) is 46.5 Å². The molecular formula is C28H26Fe2N10-8.